The molecule has 0 unspecified atom stereocenters. The zero-order valence-electron chi connectivity index (χ0n) is 32.2. The van der Waals surface area contributed by atoms with Gasteiger partial charge in [0.2, 0.25) is 0 Å². The maximum atomic E-state index is 11.8. The highest BCUT2D eigenvalue weighted by Gasteiger charge is 2.20. The average molecular weight is 703 g/mol. The molecule has 51 heavy (non-hydrogen) atoms. The molecule has 0 bridgehead atoms. The number of hydrogen-bond acceptors (Lipinski definition) is 8. The number of esters is 1. The molecular weight excluding hydrogens is 648 g/mol. The normalized spacial score (nSPS) is 10.2. The Morgan fingerprint density at radius 1 is 0.510 bits per heavy atom. The molecule has 0 amide bonds. The van der Waals surface area contributed by atoms with Crippen molar-refractivity contribution in [1.29, 1.82) is 0 Å². The SMILES string of the molecule is CO.COC(=O)Cc1c(C)c(C)c(C)c(C)c1OCc1ccc(OC)cc1.COc1ccc(COc2c(C)c(C)c(C)c(C)c2CC(=O)O)cc1. The van der Waals surface area contributed by atoms with Crippen LogP contribution in [0, 0.1) is 55.4 Å². The van der Waals surface area contributed by atoms with Gasteiger partial charge in [0.05, 0.1) is 34.2 Å². The van der Waals surface area contributed by atoms with Gasteiger partial charge in [-0.2, -0.15) is 0 Å². The summed E-state index contributed by atoms with van der Waals surface area (Å²) in [5.74, 6) is 1.96. The number of carboxylic acids is 1. The molecule has 0 heterocycles. The van der Waals surface area contributed by atoms with Crippen molar-refractivity contribution in [3.05, 3.63) is 115 Å². The Labute approximate surface area is 303 Å². The summed E-state index contributed by atoms with van der Waals surface area (Å²) < 4.78 is 27.4. The molecule has 0 aliphatic carbocycles. The van der Waals surface area contributed by atoms with Gasteiger partial charge in [0, 0.05) is 18.2 Å². The first-order chi connectivity index (χ1) is 24.2. The molecule has 0 saturated heterocycles. The number of aliphatic hydroxyl groups excluding tert-OH is 1. The second-order valence-corrected chi connectivity index (χ2v) is 12.2. The van der Waals surface area contributed by atoms with Gasteiger partial charge in [0.15, 0.2) is 0 Å². The number of aliphatic carboxylic acids is 1. The molecule has 276 valence electrons. The summed E-state index contributed by atoms with van der Waals surface area (Å²) in [7, 11) is 5.68. The van der Waals surface area contributed by atoms with E-state index in [1.54, 1.807) is 14.2 Å². The second-order valence-electron chi connectivity index (χ2n) is 12.2. The molecule has 0 aliphatic rings. The average Bonchev–Trinajstić information content (AvgIpc) is 3.15. The number of aliphatic hydroxyl groups is 1. The highest BCUT2D eigenvalue weighted by atomic mass is 16.5. The quantitative estimate of drug-likeness (QED) is 0.142. The molecule has 0 radical (unpaired) electrons. The van der Waals surface area contributed by atoms with Gasteiger partial charge in [-0.15, -0.1) is 0 Å². The van der Waals surface area contributed by atoms with E-state index in [1.807, 2.05) is 90.1 Å². The molecular formula is C42H54O9. The maximum absolute atomic E-state index is 11.8. The molecule has 9 heteroatoms. The molecule has 0 aliphatic heterocycles. The van der Waals surface area contributed by atoms with E-state index in [4.69, 9.17) is 28.8 Å². The van der Waals surface area contributed by atoms with Gasteiger partial charge in [0.25, 0.3) is 0 Å². The number of carbonyl (C=O) groups is 2. The van der Waals surface area contributed by atoms with E-state index in [1.165, 1.54) is 18.2 Å². The Hall–Kier alpha value is -5.02. The smallest absolute Gasteiger partial charge is 0.310 e. The maximum Gasteiger partial charge on any atom is 0.310 e. The van der Waals surface area contributed by atoms with Gasteiger partial charge < -0.3 is 33.9 Å². The first-order valence-electron chi connectivity index (χ1n) is 16.7. The summed E-state index contributed by atoms with van der Waals surface area (Å²) in [6.07, 6.45) is 0.175. The third kappa shape index (κ3) is 11.0. The number of ether oxygens (including phenoxy) is 5. The van der Waals surface area contributed by atoms with Crippen molar-refractivity contribution in [3.8, 4) is 23.0 Å². The van der Waals surface area contributed by atoms with Crippen LogP contribution >= 0.6 is 0 Å². The first kappa shape index (κ1) is 42.1. The minimum Gasteiger partial charge on any atom is -0.497 e. The number of methoxy groups -OCH3 is 3. The van der Waals surface area contributed by atoms with Crippen LogP contribution < -0.4 is 18.9 Å². The monoisotopic (exact) mass is 702 g/mol. The van der Waals surface area contributed by atoms with Crippen molar-refractivity contribution >= 4 is 11.9 Å². The topological polar surface area (TPSA) is 121 Å². The van der Waals surface area contributed by atoms with E-state index in [0.29, 0.717) is 19.0 Å². The number of benzene rings is 4. The Balaban J connectivity index is 0.000000337. The molecule has 0 spiro atoms. The van der Waals surface area contributed by atoms with Crippen LogP contribution in [0.5, 0.6) is 23.0 Å². The fourth-order valence-corrected chi connectivity index (χ4v) is 5.65. The van der Waals surface area contributed by atoms with E-state index in [0.717, 1.165) is 80.0 Å². The molecule has 4 aromatic rings. The Kier molecular flexibility index (Phi) is 16.5. The summed E-state index contributed by atoms with van der Waals surface area (Å²) in [6.45, 7) is 17.0. The van der Waals surface area contributed by atoms with Crippen molar-refractivity contribution < 1.29 is 43.5 Å². The summed E-state index contributed by atoms with van der Waals surface area (Å²) in [5, 5.41) is 16.2. The Morgan fingerprint density at radius 2 is 0.843 bits per heavy atom. The lowest BCUT2D eigenvalue weighted by Crippen LogP contribution is -2.11. The number of hydrogen-bond donors (Lipinski definition) is 2. The predicted molar refractivity (Wildman–Crippen MR) is 201 cm³/mol. The first-order valence-corrected chi connectivity index (χ1v) is 16.7. The molecule has 2 N–H and O–H groups in total. The minimum atomic E-state index is -0.852. The fourth-order valence-electron chi connectivity index (χ4n) is 5.65. The third-order valence-electron chi connectivity index (χ3n) is 9.47. The van der Waals surface area contributed by atoms with Gasteiger partial charge in [-0.3, -0.25) is 9.59 Å². The third-order valence-corrected chi connectivity index (χ3v) is 9.47. The molecule has 0 fully saturated rings. The predicted octanol–water partition coefficient (Wildman–Crippen LogP) is 7.97. The highest BCUT2D eigenvalue weighted by Crippen LogP contribution is 2.35. The van der Waals surface area contributed by atoms with Gasteiger partial charge in [0.1, 0.15) is 36.2 Å². The van der Waals surface area contributed by atoms with Crippen molar-refractivity contribution in [2.24, 2.45) is 0 Å². The van der Waals surface area contributed by atoms with E-state index >= 15 is 0 Å². The van der Waals surface area contributed by atoms with E-state index in [2.05, 4.69) is 13.8 Å². The van der Waals surface area contributed by atoms with Crippen molar-refractivity contribution in [2.45, 2.75) is 81.4 Å². The van der Waals surface area contributed by atoms with Crippen LogP contribution in [-0.2, 0) is 40.4 Å². The van der Waals surface area contributed by atoms with Gasteiger partial charge in [-0.25, -0.2) is 0 Å². The zero-order chi connectivity index (χ0) is 38.4. The molecule has 4 aromatic carbocycles. The lowest BCUT2D eigenvalue weighted by molar-refractivity contribution is -0.140. The van der Waals surface area contributed by atoms with Crippen LogP contribution in [0.25, 0.3) is 0 Å². The summed E-state index contributed by atoms with van der Waals surface area (Å²) in [6, 6.07) is 15.4. The van der Waals surface area contributed by atoms with E-state index in [-0.39, 0.29) is 18.8 Å². The zero-order valence-corrected chi connectivity index (χ0v) is 32.2. The van der Waals surface area contributed by atoms with Crippen LogP contribution in [0.1, 0.15) is 66.8 Å². The van der Waals surface area contributed by atoms with Gasteiger partial charge in [-0.05, 0) is 135 Å². The van der Waals surface area contributed by atoms with Crippen molar-refractivity contribution in [3.63, 3.8) is 0 Å². The highest BCUT2D eigenvalue weighted by molar-refractivity contribution is 5.75. The van der Waals surface area contributed by atoms with Gasteiger partial charge >= 0.3 is 11.9 Å². The van der Waals surface area contributed by atoms with Crippen LogP contribution in [-0.4, -0.2) is 50.6 Å². The van der Waals surface area contributed by atoms with Crippen LogP contribution in [0.3, 0.4) is 0 Å². The number of carbonyl (C=O) groups excluding carboxylic acids is 1. The van der Waals surface area contributed by atoms with E-state index < -0.39 is 5.97 Å². The van der Waals surface area contributed by atoms with Crippen molar-refractivity contribution in [1.82, 2.24) is 0 Å². The molecule has 0 saturated carbocycles. The second kappa shape index (κ2) is 20.0. The summed E-state index contributed by atoms with van der Waals surface area (Å²) in [5.41, 5.74) is 12.5. The standard InChI is InChI=1S/C21H26O4.C20H24O4.CH4O/c1-13-14(2)16(4)21(19(15(13)3)11-20(22)24-6)25-12-17-7-9-18(23-5)10-8-17;1-12-13(2)15(4)20(18(14(12)3)10-19(21)22)24-11-16-6-8-17(23-5)9-7-16;1-2/h7-10H,11-12H2,1-6H3;6-9H,10-11H2,1-5H3,(H,21,22);2H,1H3. The Bertz CT molecular complexity index is 1770. The van der Waals surface area contributed by atoms with Crippen LogP contribution in [0.15, 0.2) is 48.5 Å². The lowest BCUT2D eigenvalue weighted by atomic mass is 9.91. The number of carboxylic acid groups (broad SMARTS) is 1. The van der Waals surface area contributed by atoms with Crippen molar-refractivity contribution in [2.75, 3.05) is 28.4 Å². The van der Waals surface area contributed by atoms with E-state index in [9.17, 15) is 14.7 Å². The molecule has 0 aromatic heterocycles. The minimum absolute atomic E-state index is 0.0360. The summed E-state index contributed by atoms with van der Waals surface area (Å²) >= 11 is 0. The lowest BCUT2D eigenvalue weighted by Gasteiger charge is -2.21. The largest absolute Gasteiger partial charge is 0.497 e. The molecule has 0 atom stereocenters. The fraction of sp³-hybridized carbons (Fsp3) is 0.381. The number of rotatable bonds is 12. The Morgan fingerprint density at radius 3 is 1.16 bits per heavy atom. The van der Waals surface area contributed by atoms with Crippen LogP contribution in [0.4, 0.5) is 0 Å². The molecule has 9 nitrogen and oxygen atoms in total. The summed E-state index contributed by atoms with van der Waals surface area (Å²) in [4.78, 5) is 23.1. The van der Waals surface area contributed by atoms with Crippen LogP contribution in [0.2, 0.25) is 0 Å². The van der Waals surface area contributed by atoms with Gasteiger partial charge in [-0.1, -0.05) is 24.3 Å². The molecule has 4 rings (SSSR count).